The van der Waals surface area contributed by atoms with Crippen LogP contribution in [-0.4, -0.2) is 24.0 Å². The quantitative estimate of drug-likeness (QED) is 0.852. The van der Waals surface area contributed by atoms with Gasteiger partial charge in [0.1, 0.15) is 0 Å². The zero-order valence-electron chi connectivity index (χ0n) is 10.9. The van der Waals surface area contributed by atoms with Crippen molar-refractivity contribution in [3.63, 3.8) is 0 Å². The van der Waals surface area contributed by atoms with Gasteiger partial charge in [-0.15, -0.1) is 0 Å². The Labute approximate surface area is 108 Å². The molecule has 3 rings (SSSR count). The highest BCUT2D eigenvalue weighted by Gasteiger charge is 2.49. The fraction of sp³-hybridized carbons (Fsp3) is 0.533. The summed E-state index contributed by atoms with van der Waals surface area (Å²) in [5.74, 6) is 0. The van der Waals surface area contributed by atoms with Crippen molar-refractivity contribution in [2.24, 2.45) is 0 Å². The smallest absolute Gasteiger partial charge is 0.317 e. The van der Waals surface area contributed by atoms with Crippen molar-refractivity contribution in [1.82, 2.24) is 10.2 Å². The van der Waals surface area contributed by atoms with E-state index >= 15 is 0 Å². The van der Waals surface area contributed by atoms with Crippen molar-refractivity contribution in [3.05, 3.63) is 35.4 Å². The van der Waals surface area contributed by atoms with E-state index in [-0.39, 0.29) is 11.4 Å². The second-order valence-corrected chi connectivity index (χ2v) is 5.53. The van der Waals surface area contributed by atoms with Gasteiger partial charge in [0.2, 0.25) is 0 Å². The molecule has 0 unspecified atom stereocenters. The minimum Gasteiger partial charge on any atom is -0.338 e. The largest absolute Gasteiger partial charge is 0.338 e. The van der Waals surface area contributed by atoms with Gasteiger partial charge in [0, 0.05) is 25.0 Å². The Balaban J connectivity index is 1.81. The van der Waals surface area contributed by atoms with E-state index < -0.39 is 0 Å². The molecule has 0 aromatic heterocycles. The fourth-order valence-corrected chi connectivity index (χ4v) is 2.95. The average molecular weight is 244 g/mol. The van der Waals surface area contributed by atoms with Gasteiger partial charge in [0.05, 0.1) is 0 Å². The molecule has 0 radical (unpaired) electrons. The highest BCUT2D eigenvalue weighted by molar-refractivity contribution is 5.75. The standard InChI is InChI=1S/C15H20N2O/c1-2-9-16-14(18)17-10-12-5-3-4-6-13(12)15(11-17)7-8-15/h3-6H,2,7-11H2,1H3,(H,16,18). The van der Waals surface area contributed by atoms with Crippen LogP contribution >= 0.6 is 0 Å². The van der Waals surface area contributed by atoms with Gasteiger partial charge in [0.15, 0.2) is 0 Å². The number of hydrogen-bond donors (Lipinski definition) is 1. The summed E-state index contributed by atoms with van der Waals surface area (Å²) in [5, 5.41) is 2.99. The van der Waals surface area contributed by atoms with E-state index in [4.69, 9.17) is 0 Å². The summed E-state index contributed by atoms with van der Waals surface area (Å²) in [6.45, 7) is 4.49. The third kappa shape index (κ3) is 1.88. The number of amides is 2. The normalized spacial score (nSPS) is 19.5. The highest BCUT2D eigenvalue weighted by atomic mass is 16.2. The number of carbonyl (C=O) groups is 1. The van der Waals surface area contributed by atoms with Gasteiger partial charge >= 0.3 is 6.03 Å². The lowest BCUT2D eigenvalue weighted by atomic mass is 9.87. The third-order valence-electron chi connectivity index (χ3n) is 4.11. The Kier molecular flexibility index (Phi) is 2.77. The maximum atomic E-state index is 12.1. The highest BCUT2D eigenvalue weighted by Crippen LogP contribution is 2.52. The second kappa shape index (κ2) is 4.30. The Morgan fingerprint density at radius 1 is 1.39 bits per heavy atom. The predicted octanol–water partition coefficient (Wildman–Crippen LogP) is 2.65. The molecular weight excluding hydrogens is 224 g/mol. The van der Waals surface area contributed by atoms with Crippen molar-refractivity contribution in [2.45, 2.75) is 38.1 Å². The topological polar surface area (TPSA) is 32.3 Å². The number of benzene rings is 1. The predicted molar refractivity (Wildman–Crippen MR) is 71.5 cm³/mol. The number of urea groups is 1. The van der Waals surface area contributed by atoms with Crippen LogP contribution in [0.1, 0.15) is 37.3 Å². The van der Waals surface area contributed by atoms with Crippen LogP contribution in [0.3, 0.4) is 0 Å². The molecule has 1 N–H and O–H groups in total. The molecule has 1 aromatic carbocycles. The zero-order chi connectivity index (χ0) is 12.6. The number of rotatable bonds is 2. The molecule has 1 aromatic rings. The number of fused-ring (bicyclic) bond motifs is 2. The van der Waals surface area contributed by atoms with E-state index in [2.05, 4.69) is 36.5 Å². The molecule has 1 heterocycles. The van der Waals surface area contributed by atoms with Crippen LogP contribution in [0.15, 0.2) is 24.3 Å². The van der Waals surface area contributed by atoms with Gasteiger partial charge < -0.3 is 10.2 Å². The molecule has 1 saturated carbocycles. The first-order valence-electron chi connectivity index (χ1n) is 6.86. The Morgan fingerprint density at radius 2 is 2.17 bits per heavy atom. The van der Waals surface area contributed by atoms with E-state index in [1.54, 1.807) is 0 Å². The van der Waals surface area contributed by atoms with E-state index in [0.717, 1.165) is 26.1 Å². The van der Waals surface area contributed by atoms with Crippen LogP contribution in [0.25, 0.3) is 0 Å². The van der Waals surface area contributed by atoms with Gasteiger partial charge in [-0.05, 0) is 30.4 Å². The molecular formula is C15H20N2O. The van der Waals surface area contributed by atoms with E-state index in [0.29, 0.717) is 0 Å². The minimum absolute atomic E-state index is 0.0950. The molecule has 3 nitrogen and oxygen atoms in total. The van der Waals surface area contributed by atoms with Crippen molar-refractivity contribution < 1.29 is 4.79 Å². The third-order valence-corrected chi connectivity index (χ3v) is 4.11. The van der Waals surface area contributed by atoms with Crippen LogP contribution in [0, 0.1) is 0 Å². The summed E-state index contributed by atoms with van der Waals surface area (Å²) in [7, 11) is 0. The molecule has 2 amide bonds. The zero-order valence-corrected chi connectivity index (χ0v) is 10.9. The first-order valence-corrected chi connectivity index (χ1v) is 6.86. The summed E-state index contributed by atoms with van der Waals surface area (Å²) in [4.78, 5) is 14.1. The molecule has 18 heavy (non-hydrogen) atoms. The van der Waals surface area contributed by atoms with Crippen LogP contribution in [0.2, 0.25) is 0 Å². The summed E-state index contributed by atoms with van der Waals surface area (Å²) in [5.41, 5.74) is 3.08. The summed E-state index contributed by atoms with van der Waals surface area (Å²) >= 11 is 0. The maximum absolute atomic E-state index is 12.1. The van der Waals surface area contributed by atoms with Gasteiger partial charge in [-0.2, -0.15) is 0 Å². The summed E-state index contributed by atoms with van der Waals surface area (Å²) in [6, 6.07) is 8.68. The molecule has 0 saturated heterocycles. The molecule has 0 atom stereocenters. The second-order valence-electron chi connectivity index (χ2n) is 5.53. The maximum Gasteiger partial charge on any atom is 0.317 e. The molecule has 1 aliphatic heterocycles. The van der Waals surface area contributed by atoms with Gasteiger partial charge in [0.25, 0.3) is 0 Å². The van der Waals surface area contributed by atoms with E-state index in [1.807, 2.05) is 4.90 Å². The van der Waals surface area contributed by atoms with Gasteiger partial charge in [-0.3, -0.25) is 0 Å². The van der Waals surface area contributed by atoms with Gasteiger partial charge in [-0.1, -0.05) is 31.2 Å². The first kappa shape index (κ1) is 11.6. The van der Waals surface area contributed by atoms with Gasteiger partial charge in [-0.25, -0.2) is 4.79 Å². The number of hydrogen-bond acceptors (Lipinski definition) is 1. The number of carbonyl (C=O) groups excluding carboxylic acids is 1. The van der Waals surface area contributed by atoms with E-state index in [9.17, 15) is 4.79 Å². The van der Waals surface area contributed by atoms with Crippen molar-refractivity contribution in [3.8, 4) is 0 Å². The van der Waals surface area contributed by atoms with E-state index in [1.165, 1.54) is 24.0 Å². The molecule has 3 heteroatoms. The minimum atomic E-state index is 0.0950. The lowest BCUT2D eigenvalue weighted by Gasteiger charge is -2.35. The monoisotopic (exact) mass is 244 g/mol. The number of nitrogens with one attached hydrogen (secondary N) is 1. The molecule has 2 aliphatic rings. The Hall–Kier alpha value is -1.51. The Morgan fingerprint density at radius 3 is 2.89 bits per heavy atom. The van der Waals surface area contributed by atoms with Crippen molar-refractivity contribution >= 4 is 6.03 Å². The van der Waals surface area contributed by atoms with Crippen LogP contribution in [0.4, 0.5) is 4.79 Å². The average Bonchev–Trinajstić information content (AvgIpc) is 3.16. The lowest BCUT2D eigenvalue weighted by Crippen LogP contribution is -2.46. The summed E-state index contributed by atoms with van der Waals surface area (Å²) < 4.78 is 0. The molecule has 1 aliphatic carbocycles. The number of nitrogens with zero attached hydrogens (tertiary/aromatic N) is 1. The van der Waals surface area contributed by atoms with Crippen LogP contribution in [-0.2, 0) is 12.0 Å². The molecule has 1 fully saturated rings. The first-order chi connectivity index (χ1) is 8.75. The van der Waals surface area contributed by atoms with Crippen molar-refractivity contribution in [1.29, 1.82) is 0 Å². The van der Waals surface area contributed by atoms with Crippen molar-refractivity contribution in [2.75, 3.05) is 13.1 Å². The SMILES string of the molecule is CCCNC(=O)N1Cc2ccccc2C2(CC2)C1. The fourth-order valence-electron chi connectivity index (χ4n) is 2.95. The van der Waals surface area contributed by atoms with Crippen LogP contribution in [0.5, 0.6) is 0 Å². The molecule has 0 bridgehead atoms. The lowest BCUT2D eigenvalue weighted by molar-refractivity contribution is 0.183. The Bertz CT molecular complexity index is 465. The van der Waals surface area contributed by atoms with Crippen LogP contribution < -0.4 is 5.32 Å². The molecule has 96 valence electrons. The molecule has 1 spiro atoms. The summed E-state index contributed by atoms with van der Waals surface area (Å²) in [6.07, 6.45) is 3.43.